The molecule has 190 valence electrons. The SMILES string of the molecule is CCNC(=O)[C@H]1CN(C(=O)OC(C)(C)C)CCN1C(c1ccc(Cl)cc1CC)c1ncccc1C. The van der Waals surface area contributed by atoms with E-state index in [1.807, 2.05) is 65.0 Å². The van der Waals surface area contributed by atoms with Crippen LogP contribution >= 0.6 is 11.6 Å². The van der Waals surface area contributed by atoms with Crippen molar-refractivity contribution >= 4 is 23.6 Å². The average Bonchev–Trinajstić information content (AvgIpc) is 2.80. The Morgan fingerprint density at radius 2 is 1.97 bits per heavy atom. The lowest BCUT2D eigenvalue weighted by atomic mass is 9.91. The maximum Gasteiger partial charge on any atom is 0.410 e. The van der Waals surface area contributed by atoms with Crippen LogP contribution in [-0.2, 0) is 16.0 Å². The summed E-state index contributed by atoms with van der Waals surface area (Å²) in [5.41, 5.74) is 3.50. The lowest BCUT2D eigenvalue weighted by molar-refractivity contribution is -0.129. The maximum absolute atomic E-state index is 13.3. The Labute approximate surface area is 213 Å². The monoisotopic (exact) mass is 500 g/mol. The first kappa shape index (κ1) is 27.0. The van der Waals surface area contributed by atoms with Gasteiger partial charge in [-0.25, -0.2) is 4.79 Å². The van der Waals surface area contributed by atoms with Crippen LogP contribution in [0.5, 0.6) is 0 Å². The highest BCUT2D eigenvalue weighted by Crippen LogP contribution is 2.36. The smallest absolute Gasteiger partial charge is 0.410 e. The number of ether oxygens (including phenoxy) is 1. The number of pyridine rings is 1. The Morgan fingerprint density at radius 1 is 1.23 bits per heavy atom. The van der Waals surface area contributed by atoms with E-state index in [-0.39, 0.29) is 18.5 Å². The molecule has 2 atom stereocenters. The lowest BCUT2D eigenvalue weighted by Crippen LogP contribution is -2.61. The third-order valence-electron chi connectivity index (χ3n) is 6.15. The number of piperazine rings is 1. The van der Waals surface area contributed by atoms with E-state index in [1.165, 1.54) is 0 Å². The number of hydrogen-bond acceptors (Lipinski definition) is 5. The van der Waals surface area contributed by atoms with E-state index < -0.39 is 17.7 Å². The largest absolute Gasteiger partial charge is 0.444 e. The number of likely N-dealkylation sites (N-methyl/N-ethyl adjacent to an activating group) is 1. The van der Waals surface area contributed by atoms with Crippen LogP contribution in [0.2, 0.25) is 5.02 Å². The van der Waals surface area contributed by atoms with Crippen LogP contribution in [-0.4, -0.2) is 64.6 Å². The summed E-state index contributed by atoms with van der Waals surface area (Å²) in [6, 6.07) is 9.03. The van der Waals surface area contributed by atoms with Gasteiger partial charge in [-0.2, -0.15) is 0 Å². The van der Waals surface area contributed by atoms with E-state index in [2.05, 4.69) is 17.1 Å². The number of nitrogens with zero attached hydrogens (tertiary/aromatic N) is 3. The second kappa shape index (κ2) is 11.4. The third kappa shape index (κ3) is 6.53. The number of halogens is 1. The van der Waals surface area contributed by atoms with E-state index in [1.54, 1.807) is 11.1 Å². The third-order valence-corrected chi connectivity index (χ3v) is 6.38. The van der Waals surface area contributed by atoms with Crippen molar-refractivity contribution in [2.24, 2.45) is 0 Å². The number of nitrogens with one attached hydrogen (secondary N) is 1. The van der Waals surface area contributed by atoms with Crippen LogP contribution in [0.25, 0.3) is 0 Å². The van der Waals surface area contributed by atoms with Gasteiger partial charge in [-0.15, -0.1) is 0 Å². The molecule has 0 radical (unpaired) electrons. The van der Waals surface area contributed by atoms with Gasteiger partial charge in [-0.1, -0.05) is 30.7 Å². The normalized spacial score (nSPS) is 17.7. The standard InChI is InChI=1S/C27H37ClN4O3/c1-7-19-16-20(28)11-12-21(19)24(23-18(3)10-9-13-30-23)32-15-14-31(26(34)35-27(4,5)6)17-22(32)25(33)29-8-2/h9-13,16,22,24H,7-8,14-15,17H2,1-6H3,(H,29,33)/t22-,24?/m1/s1. The predicted molar refractivity (Wildman–Crippen MR) is 139 cm³/mol. The molecule has 1 fully saturated rings. The van der Waals surface area contributed by atoms with E-state index in [4.69, 9.17) is 21.3 Å². The highest BCUT2D eigenvalue weighted by Gasteiger charge is 2.41. The van der Waals surface area contributed by atoms with E-state index >= 15 is 0 Å². The highest BCUT2D eigenvalue weighted by atomic mass is 35.5. The zero-order valence-corrected chi connectivity index (χ0v) is 22.4. The van der Waals surface area contributed by atoms with Crippen LogP contribution in [0.3, 0.4) is 0 Å². The van der Waals surface area contributed by atoms with Crippen LogP contribution in [0, 0.1) is 6.92 Å². The Balaban J connectivity index is 2.08. The van der Waals surface area contributed by atoms with Crippen LogP contribution in [0.1, 0.15) is 63.0 Å². The molecule has 2 heterocycles. The fourth-order valence-electron chi connectivity index (χ4n) is 4.54. The first-order valence-electron chi connectivity index (χ1n) is 12.3. The van der Waals surface area contributed by atoms with Crippen molar-refractivity contribution in [2.75, 3.05) is 26.2 Å². The van der Waals surface area contributed by atoms with Gasteiger partial charge in [0, 0.05) is 37.4 Å². The molecule has 2 aromatic rings. The van der Waals surface area contributed by atoms with Crippen molar-refractivity contribution in [1.29, 1.82) is 0 Å². The molecule has 0 bridgehead atoms. The summed E-state index contributed by atoms with van der Waals surface area (Å²) in [5, 5.41) is 3.64. The zero-order valence-electron chi connectivity index (χ0n) is 21.6. The highest BCUT2D eigenvalue weighted by molar-refractivity contribution is 6.30. The van der Waals surface area contributed by atoms with Crippen molar-refractivity contribution in [3.05, 3.63) is 63.9 Å². The van der Waals surface area contributed by atoms with Gasteiger partial charge in [0.2, 0.25) is 5.91 Å². The summed E-state index contributed by atoms with van der Waals surface area (Å²) >= 11 is 6.34. The molecule has 3 rings (SSSR count). The van der Waals surface area contributed by atoms with E-state index in [0.29, 0.717) is 24.7 Å². The molecular weight excluding hydrogens is 464 g/mol. The minimum atomic E-state index is -0.609. The van der Waals surface area contributed by atoms with Crippen LogP contribution in [0.4, 0.5) is 4.79 Å². The van der Waals surface area contributed by atoms with Crippen molar-refractivity contribution in [1.82, 2.24) is 20.1 Å². The molecule has 0 saturated carbocycles. The summed E-state index contributed by atoms with van der Waals surface area (Å²) in [6.45, 7) is 13.2. The molecule has 1 saturated heterocycles. The summed E-state index contributed by atoms with van der Waals surface area (Å²) in [4.78, 5) is 34.8. The number of amides is 2. The molecule has 2 amide bonds. The quantitative estimate of drug-likeness (QED) is 0.619. The number of benzene rings is 1. The van der Waals surface area contributed by atoms with Crippen LogP contribution in [0.15, 0.2) is 36.5 Å². The van der Waals surface area contributed by atoms with E-state index in [0.717, 1.165) is 28.8 Å². The molecule has 8 heteroatoms. The average molecular weight is 501 g/mol. The van der Waals surface area contributed by atoms with Gasteiger partial charge in [0.25, 0.3) is 0 Å². The molecular formula is C27H37ClN4O3. The fraction of sp³-hybridized carbons (Fsp3) is 0.519. The van der Waals surface area contributed by atoms with E-state index in [9.17, 15) is 9.59 Å². The molecule has 1 aromatic carbocycles. The Kier molecular flexibility index (Phi) is 8.78. The molecule has 1 aliphatic heterocycles. The van der Waals surface area contributed by atoms with Crippen molar-refractivity contribution in [2.45, 2.75) is 65.6 Å². The molecule has 1 aromatic heterocycles. The summed E-state index contributed by atoms with van der Waals surface area (Å²) < 4.78 is 5.61. The summed E-state index contributed by atoms with van der Waals surface area (Å²) in [5.74, 6) is -0.119. The molecule has 35 heavy (non-hydrogen) atoms. The first-order valence-corrected chi connectivity index (χ1v) is 12.6. The topological polar surface area (TPSA) is 74.8 Å². The van der Waals surface area contributed by atoms with Gasteiger partial charge in [0.15, 0.2) is 0 Å². The number of aromatic nitrogens is 1. The van der Waals surface area contributed by atoms with Gasteiger partial charge in [-0.3, -0.25) is 14.7 Å². The lowest BCUT2D eigenvalue weighted by Gasteiger charge is -2.45. The second-order valence-electron chi connectivity index (χ2n) is 9.88. The van der Waals surface area contributed by atoms with Crippen molar-refractivity contribution in [3.8, 4) is 0 Å². The van der Waals surface area contributed by atoms with Gasteiger partial charge < -0.3 is 15.0 Å². The first-order chi connectivity index (χ1) is 16.6. The zero-order chi connectivity index (χ0) is 25.8. The minimum absolute atomic E-state index is 0.119. The summed E-state index contributed by atoms with van der Waals surface area (Å²) in [7, 11) is 0. The van der Waals surface area contributed by atoms with Gasteiger partial charge in [-0.05, 0) is 75.9 Å². The van der Waals surface area contributed by atoms with Crippen molar-refractivity contribution < 1.29 is 14.3 Å². The molecule has 7 nitrogen and oxygen atoms in total. The second-order valence-corrected chi connectivity index (χ2v) is 10.3. The molecule has 1 unspecified atom stereocenters. The maximum atomic E-state index is 13.3. The predicted octanol–water partition coefficient (Wildman–Crippen LogP) is 4.75. The molecule has 1 N–H and O–H groups in total. The van der Waals surface area contributed by atoms with Crippen LogP contribution < -0.4 is 5.32 Å². The fourth-order valence-corrected chi connectivity index (χ4v) is 4.73. The summed E-state index contributed by atoms with van der Waals surface area (Å²) in [6.07, 6.45) is 2.18. The Bertz CT molecular complexity index is 1050. The van der Waals surface area contributed by atoms with Crippen molar-refractivity contribution in [3.63, 3.8) is 0 Å². The van der Waals surface area contributed by atoms with Gasteiger partial charge in [0.1, 0.15) is 11.6 Å². The number of rotatable bonds is 6. The number of hydrogen-bond donors (Lipinski definition) is 1. The minimum Gasteiger partial charge on any atom is -0.444 e. The Hall–Kier alpha value is -2.64. The molecule has 1 aliphatic rings. The number of aryl methyl sites for hydroxylation is 2. The number of carbonyl (C=O) groups excluding carboxylic acids is 2. The number of carbonyl (C=O) groups is 2. The molecule has 0 spiro atoms. The Morgan fingerprint density at radius 3 is 2.60 bits per heavy atom. The van der Waals surface area contributed by atoms with Gasteiger partial charge >= 0.3 is 6.09 Å². The van der Waals surface area contributed by atoms with Gasteiger partial charge in [0.05, 0.1) is 11.7 Å². The molecule has 0 aliphatic carbocycles.